The number of nitrogens with zero attached hydrogens (tertiary/aromatic N) is 2. The van der Waals surface area contributed by atoms with Crippen molar-refractivity contribution in [1.82, 2.24) is 4.90 Å². The number of anilines is 2. The maximum atomic E-state index is 13.3. The summed E-state index contributed by atoms with van der Waals surface area (Å²) in [5.41, 5.74) is 1.61. The van der Waals surface area contributed by atoms with Crippen molar-refractivity contribution in [1.29, 1.82) is 0 Å². The second kappa shape index (κ2) is 7.00. The number of benzene rings is 2. The molecular formula is C17H17BrFN3O. The molecule has 2 aromatic rings. The SMILES string of the molecule is O=C(Nc1ccccc1Br)N1CCN(c2cccc(F)c2)CC1. The van der Waals surface area contributed by atoms with E-state index in [1.165, 1.54) is 12.1 Å². The van der Waals surface area contributed by atoms with Gasteiger partial charge >= 0.3 is 6.03 Å². The second-order valence-corrected chi connectivity index (χ2v) is 6.22. The molecule has 23 heavy (non-hydrogen) atoms. The average Bonchev–Trinajstić information content (AvgIpc) is 2.57. The van der Waals surface area contributed by atoms with E-state index in [4.69, 9.17) is 0 Å². The van der Waals surface area contributed by atoms with Crippen molar-refractivity contribution in [3.05, 3.63) is 58.8 Å². The molecule has 120 valence electrons. The summed E-state index contributed by atoms with van der Waals surface area (Å²) in [7, 11) is 0. The molecule has 1 heterocycles. The summed E-state index contributed by atoms with van der Waals surface area (Å²) in [5, 5.41) is 2.91. The number of hydrogen-bond donors (Lipinski definition) is 1. The fourth-order valence-corrected chi connectivity index (χ4v) is 2.98. The van der Waals surface area contributed by atoms with E-state index in [0.717, 1.165) is 15.8 Å². The molecule has 1 aliphatic heterocycles. The summed E-state index contributed by atoms with van der Waals surface area (Å²) in [6.07, 6.45) is 0. The van der Waals surface area contributed by atoms with Crippen LogP contribution in [0.2, 0.25) is 0 Å². The Kier molecular flexibility index (Phi) is 4.81. The average molecular weight is 378 g/mol. The van der Waals surface area contributed by atoms with Crippen LogP contribution < -0.4 is 10.2 Å². The van der Waals surface area contributed by atoms with Crippen LogP contribution in [0.4, 0.5) is 20.6 Å². The zero-order valence-corrected chi connectivity index (χ0v) is 14.1. The van der Waals surface area contributed by atoms with Crippen molar-refractivity contribution in [3.8, 4) is 0 Å². The Morgan fingerprint density at radius 2 is 1.78 bits per heavy atom. The van der Waals surface area contributed by atoms with Gasteiger partial charge in [0.25, 0.3) is 0 Å². The zero-order chi connectivity index (χ0) is 16.2. The van der Waals surface area contributed by atoms with Crippen LogP contribution in [0, 0.1) is 5.82 Å². The highest BCUT2D eigenvalue weighted by molar-refractivity contribution is 9.10. The number of hydrogen-bond acceptors (Lipinski definition) is 2. The Hall–Kier alpha value is -2.08. The van der Waals surface area contributed by atoms with E-state index in [9.17, 15) is 9.18 Å². The molecule has 1 fully saturated rings. The molecule has 1 aliphatic rings. The monoisotopic (exact) mass is 377 g/mol. The first-order valence-electron chi connectivity index (χ1n) is 7.44. The number of nitrogens with one attached hydrogen (secondary N) is 1. The largest absolute Gasteiger partial charge is 0.368 e. The molecule has 0 saturated carbocycles. The minimum absolute atomic E-state index is 0.115. The number of para-hydroxylation sites is 1. The molecule has 0 spiro atoms. The third kappa shape index (κ3) is 3.82. The Morgan fingerprint density at radius 1 is 1.04 bits per heavy atom. The lowest BCUT2D eigenvalue weighted by molar-refractivity contribution is 0.208. The van der Waals surface area contributed by atoms with Crippen LogP contribution in [0.3, 0.4) is 0 Å². The van der Waals surface area contributed by atoms with Gasteiger partial charge in [0.1, 0.15) is 5.82 Å². The Balaban J connectivity index is 1.58. The van der Waals surface area contributed by atoms with Gasteiger partial charge in [-0.25, -0.2) is 9.18 Å². The molecule has 6 heteroatoms. The van der Waals surface area contributed by atoms with Crippen molar-refractivity contribution in [2.75, 3.05) is 36.4 Å². The predicted molar refractivity (Wildman–Crippen MR) is 93.3 cm³/mol. The lowest BCUT2D eigenvalue weighted by Crippen LogP contribution is -2.50. The predicted octanol–water partition coefficient (Wildman–Crippen LogP) is 3.94. The van der Waals surface area contributed by atoms with Crippen LogP contribution in [-0.2, 0) is 0 Å². The van der Waals surface area contributed by atoms with Gasteiger partial charge in [-0.1, -0.05) is 18.2 Å². The Morgan fingerprint density at radius 3 is 2.48 bits per heavy atom. The molecule has 3 rings (SSSR count). The van der Waals surface area contributed by atoms with Gasteiger partial charge in [0.05, 0.1) is 5.69 Å². The van der Waals surface area contributed by atoms with Crippen LogP contribution in [0.25, 0.3) is 0 Å². The van der Waals surface area contributed by atoms with E-state index in [0.29, 0.717) is 26.2 Å². The topological polar surface area (TPSA) is 35.6 Å². The van der Waals surface area contributed by atoms with Gasteiger partial charge in [0.15, 0.2) is 0 Å². The fraction of sp³-hybridized carbons (Fsp3) is 0.235. The van der Waals surface area contributed by atoms with Crippen LogP contribution >= 0.6 is 15.9 Å². The van der Waals surface area contributed by atoms with Gasteiger partial charge in [0, 0.05) is 36.3 Å². The molecule has 0 unspecified atom stereocenters. The van der Waals surface area contributed by atoms with Crippen LogP contribution in [0.1, 0.15) is 0 Å². The van der Waals surface area contributed by atoms with Crippen LogP contribution in [0.5, 0.6) is 0 Å². The minimum Gasteiger partial charge on any atom is -0.368 e. The van der Waals surface area contributed by atoms with E-state index in [2.05, 4.69) is 26.1 Å². The maximum Gasteiger partial charge on any atom is 0.321 e. The van der Waals surface area contributed by atoms with E-state index in [1.807, 2.05) is 30.3 Å². The Labute approximate surface area is 143 Å². The number of amides is 2. The van der Waals surface area contributed by atoms with Crippen LogP contribution in [-0.4, -0.2) is 37.1 Å². The first-order chi connectivity index (χ1) is 11.1. The Bertz CT molecular complexity index is 702. The van der Waals surface area contributed by atoms with Gasteiger partial charge in [-0.15, -0.1) is 0 Å². The highest BCUT2D eigenvalue weighted by atomic mass is 79.9. The van der Waals surface area contributed by atoms with E-state index >= 15 is 0 Å². The molecular weight excluding hydrogens is 361 g/mol. The lowest BCUT2D eigenvalue weighted by Gasteiger charge is -2.36. The van der Waals surface area contributed by atoms with Crippen LogP contribution in [0.15, 0.2) is 53.0 Å². The molecule has 2 aromatic carbocycles. The van der Waals surface area contributed by atoms with Gasteiger partial charge < -0.3 is 15.1 Å². The molecule has 2 amide bonds. The molecule has 0 atom stereocenters. The molecule has 1 saturated heterocycles. The standard InChI is InChI=1S/C17H17BrFN3O/c18-15-6-1-2-7-16(15)20-17(23)22-10-8-21(9-11-22)14-5-3-4-13(19)12-14/h1-7,12H,8-11H2,(H,20,23). The van der Waals surface area contributed by atoms with Gasteiger partial charge in [0.2, 0.25) is 0 Å². The second-order valence-electron chi connectivity index (χ2n) is 5.36. The highest BCUT2D eigenvalue weighted by Crippen LogP contribution is 2.22. The van der Waals surface area contributed by atoms with E-state index in [-0.39, 0.29) is 11.8 Å². The quantitative estimate of drug-likeness (QED) is 0.859. The third-order valence-corrected chi connectivity index (χ3v) is 4.55. The van der Waals surface area contributed by atoms with Crippen molar-refractivity contribution in [2.45, 2.75) is 0 Å². The summed E-state index contributed by atoms with van der Waals surface area (Å²) in [6.45, 7) is 2.58. The number of carbonyl (C=O) groups excluding carboxylic acids is 1. The lowest BCUT2D eigenvalue weighted by atomic mass is 10.2. The number of piperazine rings is 1. The summed E-state index contributed by atoms with van der Waals surface area (Å²) in [5.74, 6) is -0.239. The van der Waals surface area contributed by atoms with Crippen molar-refractivity contribution in [3.63, 3.8) is 0 Å². The first-order valence-corrected chi connectivity index (χ1v) is 8.24. The molecule has 0 aliphatic carbocycles. The number of carbonyl (C=O) groups is 1. The van der Waals surface area contributed by atoms with E-state index < -0.39 is 0 Å². The fourth-order valence-electron chi connectivity index (χ4n) is 2.60. The van der Waals surface area contributed by atoms with Crippen molar-refractivity contribution in [2.24, 2.45) is 0 Å². The molecule has 4 nitrogen and oxygen atoms in total. The number of urea groups is 1. The summed E-state index contributed by atoms with van der Waals surface area (Å²) < 4.78 is 14.2. The summed E-state index contributed by atoms with van der Waals surface area (Å²) in [4.78, 5) is 16.2. The summed E-state index contributed by atoms with van der Waals surface area (Å²) in [6, 6.07) is 14.0. The third-order valence-electron chi connectivity index (χ3n) is 3.86. The van der Waals surface area contributed by atoms with Gasteiger partial charge in [-0.05, 0) is 46.3 Å². The number of rotatable bonds is 2. The minimum atomic E-state index is -0.239. The molecule has 0 bridgehead atoms. The van der Waals surface area contributed by atoms with Crippen molar-refractivity contribution < 1.29 is 9.18 Å². The molecule has 1 N–H and O–H groups in total. The first kappa shape index (κ1) is 15.8. The summed E-state index contributed by atoms with van der Waals surface area (Å²) >= 11 is 3.42. The molecule has 0 aromatic heterocycles. The van der Waals surface area contributed by atoms with Crippen molar-refractivity contribution >= 4 is 33.3 Å². The maximum absolute atomic E-state index is 13.3. The highest BCUT2D eigenvalue weighted by Gasteiger charge is 2.21. The number of halogens is 2. The molecule has 0 radical (unpaired) electrons. The zero-order valence-electron chi connectivity index (χ0n) is 12.5. The normalized spacial score (nSPS) is 14.7. The van der Waals surface area contributed by atoms with E-state index in [1.54, 1.807) is 11.0 Å². The van der Waals surface area contributed by atoms with Gasteiger partial charge in [-0.2, -0.15) is 0 Å². The smallest absolute Gasteiger partial charge is 0.321 e. The van der Waals surface area contributed by atoms with Gasteiger partial charge in [-0.3, -0.25) is 0 Å².